The molecule has 0 aromatic heterocycles. The Labute approximate surface area is 126 Å². The van der Waals surface area contributed by atoms with Gasteiger partial charge in [-0.25, -0.2) is 0 Å². The fraction of sp³-hybridized carbons (Fsp3) is 0.529. The summed E-state index contributed by atoms with van der Waals surface area (Å²) in [6.07, 6.45) is 6.96. The molecule has 1 amide bonds. The molecule has 0 atom stereocenters. The Balaban J connectivity index is 1.77. The van der Waals surface area contributed by atoms with Crippen LogP contribution in [0.2, 0.25) is 0 Å². The maximum absolute atomic E-state index is 12.0. The van der Waals surface area contributed by atoms with E-state index in [2.05, 4.69) is 16.3 Å². The first-order valence-electron chi connectivity index (χ1n) is 7.80. The lowest BCUT2D eigenvalue weighted by atomic mass is 10.1. The summed E-state index contributed by atoms with van der Waals surface area (Å²) in [5.74, 6) is 0.0205. The highest BCUT2D eigenvalue weighted by Gasteiger charge is 2.10. The standard InChI is InChI=1S/C17H23N3O/c18-14-15-7-6-8-16(13-15)19-17(21)9-12-20-10-4-2-1-3-5-11-20/h6-8,13H,1-5,9-12H2,(H,19,21). The van der Waals surface area contributed by atoms with Crippen molar-refractivity contribution in [1.82, 2.24) is 4.90 Å². The van der Waals surface area contributed by atoms with Gasteiger partial charge in [-0.2, -0.15) is 5.26 Å². The number of amides is 1. The van der Waals surface area contributed by atoms with Gasteiger partial charge in [0.2, 0.25) is 5.91 Å². The summed E-state index contributed by atoms with van der Waals surface area (Å²) in [6.45, 7) is 3.04. The van der Waals surface area contributed by atoms with Gasteiger partial charge in [-0.05, 0) is 44.1 Å². The SMILES string of the molecule is N#Cc1cccc(NC(=O)CCN2CCCCCCC2)c1. The second kappa shape index (κ2) is 8.43. The molecule has 21 heavy (non-hydrogen) atoms. The Bertz CT molecular complexity index is 499. The second-order valence-electron chi connectivity index (χ2n) is 5.60. The summed E-state index contributed by atoms with van der Waals surface area (Å²) in [5.41, 5.74) is 1.27. The highest BCUT2D eigenvalue weighted by Crippen LogP contribution is 2.12. The first-order valence-corrected chi connectivity index (χ1v) is 7.80. The number of hydrogen-bond acceptors (Lipinski definition) is 3. The number of benzene rings is 1. The average Bonchev–Trinajstić information content (AvgIpc) is 2.46. The van der Waals surface area contributed by atoms with Crippen LogP contribution in [0.5, 0.6) is 0 Å². The molecule has 1 fully saturated rings. The highest BCUT2D eigenvalue weighted by atomic mass is 16.1. The number of hydrogen-bond donors (Lipinski definition) is 1. The molecule has 0 radical (unpaired) electrons. The van der Waals surface area contributed by atoms with Crippen LogP contribution in [0.3, 0.4) is 0 Å². The summed E-state index contributed by atoms with van der Waals surface area (Å²) in [5, 5.41) is 11.7. The third-order valence-corrected chi connectivity index (χ3v) is 3.88. The minimum atomic E-state index is 0.0205. The Kier molecular flexibility index (Phi) is 6.23. The molecule has 4 nitrogen and oxygen atoms in total. The van der Waals surface area contributed by atoms with Crippen LogP contribution in [-0.2, 0) is 4.79 Å². The molecule has 0 bridgehead atoms. The summed E-state index contributed by atoms with van der Waals surface area (Å²) in [4.78, 5) is 14.4. The average molecular weight is 285 g/mol. The molecule has 1 heterocycles. The van der Waals surface area contributed by atoms with Crippen LogP contribution >= 0.6 is 0 Å². The minimum Gasteiger partial charge on any atom is -0.326 e. The van der Waals surface area contributed by atoms with Gasteiger partial charge in [0.05, 0.1) is 11.6 Å². The van der Waals surface area contributed by atoms with Crippen LogP contribution in [-0.4, -0.2) is 30.4 Å². The molecule has 1 aromatic carbocycles. The Morgan fingerprint density at radius 3 is 2.62 bits per heavy atom. The van der Waals surface area contributed by atoms with Crippen LogP contribution in [0, 0.1) is 11.3 Å². The van der Waals surface area contributed by atoms with Crippen LogP contribution in [0.4, 0.5) is 5.69 Å². The molecule has 0 aliphatic carbocycles. The predicted octanol–water partition coefficient (Wildman–Crippen LogP) is 3.15. The van der Waals surface area contributed by atoms with Gasteiger partial charge in [-0.15, -0.1) is 0 Å². The van der Waals surface area contributed by atoms with E-state index in [-0.39, 0.29) is 5.91 Å². The van der Waals surface area contributed by atoms with Crippen molar-refractivity contribution < 1.29 is 4.79 Å². The van der Waals surface area contributed by atoms with Crippen molar-refractivity contribution in [1.29, 1.82) is 5.26 Å². The number of nitriles is 1. The fourth-order valence-corrected chi connectivity index (χ4v) is 2.69. The molecular formula is C17H23N3O. The first-order chi connectivity index (χ1) is 10.3. The third-order valence-electron chi connectivity index (χ3n) is 3.88. The van der Waals surface area contributed by atoms with Crippen molar-refractivity contribution in [3.8, 4) is 6.07 Å². The number of likely N-dealkylation sites (tertiary alicyclic amines) is 1. The number of anilines is 1. The summed E-state index contributed by atoms with van der Waals surface area (Å²) in [6, 6.07) is 9.11. The molecule has 1 saturated heterocycles. The van der Waals surface area contributed by atoms with E-state index < -0.39 is 0 Å². The normalized spacial score (nSPS) is 16.5. The largest absolute Gasteiger partial charge is 0.326 e. The number of nitrogens with one attached hydrogen (secondary N) is 1. The van der Waals surface area contributed by atoms with Crippen molar-refractivity contribution >= 4 is 11.6 Å². The van der Waals surface area contributed by atoms with Gasteiger partial charge >= 0.3 is 0 Å². The van der Waals surface area contributed by atoms with E-state index in [9.17, 15) is 4.79 Å². The highest BCUT2D eigenvalue weighted by molar-refractivity contribution is 5.90. The van der Waals surface area contributed by atoms with E-state index in [1.54, 1.807) is 18.2 Å². The number of carbonyl (C=O) groups excluding carboxylic acids is 1. The zero-order valence-electron chi connectivity index (χ0n) is 12.5. The van der Waals surface area contributed by atoms with Gasteiger partial charge in [-0.1, -0.05) is 25.3 Å². The van der Waals surface area contributed by atoms with Gasteiger partial charge in [0.15, 0.2) is 0 Å². The number of nitrogens with zero attached hydrogens (tertiary/aromatic N) is 2. The monoisotopic (exact) mass is 285 g/mol. The number of rotatable bonds is 4. The molecule has 2 rings (SSSR count). The van der Waals surface area contributed by atoms with Crippen LogP contribution in [0.25, 0.3) is 0 Å². The zero-order chi connectivity index (χ0) is 14.9. The van der Waals surface area contributed by atoms with Gasteiger partial charge in [0.25, 0.3) is 0 Å². The molecule has 0 spiro atoms. The first kappa shape index (κ1) is 15.5. The van der Waals surface area contributed by atoms with E-state index >= 15 is 0 Å². The van der Waals surface area contributed by atoms with E-state index in [0.29, 0.717) is 17.7 Å². The summed E-state index contributed by atoms with van der Waals surface area (Å²) >= 11 is 0. The molecular weight excluding hydrogens is 262 g/mol. The van der Waals surface area contributed by atoms with Crippen molar-refractivity contribution in [3.05, 3.63) is 29.8 Å². The second-order valence-corrected chi connectivity index (χ2v) is 5.60. The van der Waals surface area contributed by atoms with E-state index in [0.717, 1.165) is 19.6 Å². The lowest BCUT2D eigenvalue weighted by Gasteiger charge is -2.24. The van der Waals surface area contributed by atoms with Crippen LogP contribution in [0.1, 0.15) is 44.1 Å². The molecule has 1 aromatic rings. The third kappa shape index (κ3) is 5.57. The summed E-state index contributed by atoms with van der Waals surface area (Å²) in [7, 11) is 0. The van der Waals surface area contributed by atoms with Crippen molar-refractivity contribution in [2.75, 3.05) is 25.0 Å². The number of carbonyl (C=O) groups is 1. The Morgan fingerprint density at radius 2 is 1.90 bits per heavy atom. The van der Waals surface area contributed by atoms with Gasteiger partial charge in [-0.3, -0.25) is 4.79 Å². The molecule has 1 N–H and O–H groups in total. The maximum Gasteiger partial charge on any atom is 0.225 e. The molecule has 4 heteroatoms. The van der Waals surface area contributed by atoms with E-state index in [4.69, 9.17) is 5.26 Å². The van der Waals surface area contributed by atoms with Crippen LogP contribution in [0.15, 0.2) is 24.3 Å². The smallest absolute Gasteiger partial charge is 0.225 e. The Morgan fingerprint density at radius 1 is 1.19 bits per heavy atom. The minimum absolute atomic E-state index is 0.0205. The quantitative estimate of drug-likeness (QED) is 0.924. The topological polar surface area (TPSA) is 56.1 Å². The van der Waals surface area contributed by atoms with Crippen molar-refractivity contribution in [3.63, 3.8) is 0 Å². The van der Waals surface area contributed by atoms with Crippen molar-refractivity contribution in [2.24, 2.45) is 0 Å². The molecule has 1 aliphatic rings. The van der Waals surface area contributed by atoms with E-state index in [1.807, 2.05) is 6.07 Å². The van der Waals surface area contributed by atoms with Gasteiger partial charge < -0.3 is 10.2 Å². The molecule has 1 aliphatic heterocycles. The maximum atomic E-state index is 12.0. The van der Waals surface area contributed by atoms with E-state index in [1.165, 1.54) is 32.1 Å². The lowest BCUT2D eigenvalue weighted by Crippen LogP contribution is -2.30. The van der Waals surface area contributed by atoms with Crippen molar-refractivity contribution in [2.45, 2.75) is 38.5 Å². The molecule has 0 unspecified atom stereocenters. The van der Waals surface area contributed by atoms with Crippen LogP contribution < -0.4 is 5.32 Å². The lowest BCUT2D eigenvalue weighted by molar-refractivity contribution is -0.116. The predicted molar refractivity (Wildman–Crippen MR) is 83.9 cm³/mol. The van der Waals surface area contributed by atoms with Gasteiger partial charge in [0, 0.05) is 18.7 Å². The van der Waals surface area contributed by atoms with Gasteiger partial charge in [0.1, 0.15) is 0 Å². The summed E-state index contributed by atoms with van der Waals surface area (Å²) < 4.78 is 0. The zero-order valence-corrected chi connectivity index (χ0v) is 12.5. The molecule has 112 valence electrons. The molecule has 0 saturated carbocycles. The Hall–Kier alpha value is -1.86. The fourth-order valence-electron chi connectivity index (χ4n) is 2.69.